The van der Waals surface area contributed by atoms with E-state index < -0.39 is 10.0 Å². The van der Waals surface area contributed by atoms with Gasteiger partial charge in [0.25, 0.3) is 0 Å². The molecule has 1 atom stereocenters. The van der Waals surface area contributed by atoms with Crippen LogP contribution in [0.2, 0.25) is 0 Å². The lowest BCUT2D eigenvalue weighted by atomic mass is 10.1. The monoisotopic (exact) mass is 345 g/mol. The summed E-state index contributed by atoms with van der Waals surface area (Å²) in [6.45, 7) is 2.63. The van der Waals surface area contributed by atoms with Crippen LogP contribution in [0.1, 0.15) is 23.5 Å². The second-order valence-corrected chi connectivity index (χ2v) is 8.01. The van der Waals surface area contributed by atoms with Crippen molar-refractivity contribution in [3.05, 3.63) is 52.4 Å². The van der Waals surface area contributed by atoms with Gasteiger partial charge in [-0.15, -0.1) is 0 Å². The molecule has 0 amide bonds. The van der Waals surface area contributed by atoms with Gasteiger partial charge in [-0.1, -0.05) is 18.2 Å². The molecule has 1 aromatic carbocycles. The molecular formula is C17H19N3O3S. The molecule has 0 spiro atoms. The minimum atomic E-state index is -3.57. The van der Waals surface area contributed by atoms with Gasteiger partial charge in [0, 0.05) is 30.8 Å². The van der Waals surface area contributed by atoms with E-state index in [1.165, 1.54) is 0 Å². The molecule has 0 saturated carbocycles. The summed E-state index contributed by atoms with van der Waals surface area (Å²) < 4.78 is 35.8. The van der Waals surface area contributed by atoms with Crippen LogP contribution in [-0.4, -0.2) is 30.6 Å². The number of benzene rings is 1. The van der Waals surface area contributed by atoms with Crippen LogP contribution in [-0.2, 0) is 23.0 Å². The van der Waals surface area contributed by atoms with E-state index >= 15 is 0 Å². The smallest absolute Gasteiger partial charge is 0.240 e. The van der Waals surface area contributed by atoms with E-state index in [4.69, 9.17) is 4.74 Å². The first-order chi connectivity index (χ1) is 11.5. The molecule has 2 aliphatic rings. The summed E-state index contributed by atoms with van der Waals surface area (Å²) in [6, 6.07) is 7.30. The molecule has 126 valence electrons. The van der Waals surface area contributed by atoms with Gasteiger partial charge in [0.2, 0.25) is 10.0 Å². The van der Waals surface area contributed by atoms with Gasteiger partial charge >= 0.3 is 0 Å². The number of hydrogen-bond acceptors (Lipinski definition) is 4. The third-order valence-electron chi connectivity index (χ3n) is 4.39. The summed E-state index contributed by atoms with van der Waals surface area (Å²) >= 11 is 0. The first kappa shape index (κ1) is 15.4. The van der Waals surface area contributed by atoms with Gasteiger partial charge in [0.05, 0.1) is 10.6 Å². The standard InChI is InChI=1S/C17H19N3O3S/c1-12-9-20-10-14(6-7-17(20)18-12)19-24(21,22)15-8-13-4-2-3-5-16(13)23-11-15/h2-5,8-9,14,19H,6-7,10-11H2,1H3/t14-/m0/s1. The zero-order chi connectivity index (χ0) is 16.7. The van der Waals surface area contributed by atoms with Crippen molar-refractivity contribution in [3.8, 4) is 5.75 Å². The zero-order valence-corrected chi connectivity index (χ0v) is 14.2. The first-order valence-corrected chi connectivity index (χ1v) is 9.47. The normalized spacial score (nSPS) is 19.9. The molecule has 4 rings (SSSR count). The maximum atomic E-state index is 12.7. The Morgan fingerprint density at radius 1 is 1.33 bits per heavy atom. The van der Waals surface area contributed by atoms with Gasteiger partial charge < -0.3 is 9.30 Å². The second kappa shape index (κ2) is 5.75. The highest BCUT2D eigenvalue weighted by atomic mass is 32.2. The number of aromatic nitrogens is 2. The maximum absolute atomic E-state index is 12.7. The molecule has 0 bridgehead atoms. The molecule has 0 aliphatic carbocycles. The van der Waals surface area contributed by atoms with E-state index in [0.29, 0.717) is 12.3 Å². The molecule has 0 fully saturated rings. The number of para-hydroxylation sites is 1. The van der Waals surface area contributed by atoms with Gasteiger partial charge in [-0.2, -0.15) is 0 Å². The van der Waals surface area contributed by atoms with E-state index in [-0.39, 0.29) is 17.6 Å². The average Bonchev–Trinajstić information content (AvgIpc) is 2.93. The number of nitrogens with zero attached hydrogens (tertiary/aromatic N) is 2. The predicted molar refractivity (Wildman–Crippen MR) is 91.0 cm³/mol. The number of sulfonamides is 1. The van der Waals surface area contributed by atoms with E-state index in [0.717, 1.165) is 29.9 Å². The highest BCUT2D eigenvalue weighted by molar-refractivity contribution is 7.93. The Morgan fingerprint density at radius 2 is 2.17 bits per heavy atom. The molecule has 0 saturated heterocycles. The minimum absolute atomic E-state index is 0.0640. The van der Waals surface area contributed by atoms with Gasteiger partial charge in [-0.3, -0.25) is 0 Å². The van der Waals surface area contributed by atoms with Crippen molar-refractivity contribution in [1.29, 1.82) is 0 Å². The summed E-state index contributed by atoms with van der Waals surface area (Å²) in [4.78, 5) is 4.72. The number of fused-ring (bicyclic) bond motifs is 2. The minimum Gasteiger partial charge on any atom is -0.487 e. The number of nitrogens with one attached hydrogen (secondary N) is 1. The summed E-state index contributed by atoms with van der Waals surface area (Å²) in [5, 5.41) is 0. The predicted octanol–water partition coefficient (Wildman–Crippen LogP) is 1.86. The number of rotatable bonds is 3. The zero-order valence-electron chi connectivity index (χ0n) is 13.4. The van der Waals surface area contributed by atoms with Gasteiger partial charge in [0.15, 0.2) is 0 Å². The van der Waals surface area contributed by atoms with Crippen LogP contribution >= 0.6 is 0 Å². The molecule has 1 aromatic heterocycles. The van der Waals surface area contributed by atoms with Crippen LogP contribution in [0.3, 0.4) is 0 Å². The molecule has 24 heavy (non-hydrogen) atoms. The lowest BCUT2D eigenvalue weighted by Gasteiger charge is -2.26. The molecule has 0 radical (unpaired) electrons. The lowest BCUT2D eigenvalue weighted by molar-refractivity contribution is 0.352. The fourth-order valence-electron chi connectivity index (χ4n) is 3.23. The Hall–Kier alpha value is -2.12. The van der Waals surface area contributed by atoms with Crippen molar-refractivity contribution in [1.82, 2.24) is 14.3 Å². The highest BCUT2D eigenvalue weighted by Gasteiger charge is 2.28. The van der Waals surface area contributed by atoms with E-state index in [1.807, 2.05) is 42.0 Å². The fraction of sp³-hybridized carbons (Fsp3) is 0.353. The Kier molecular flexibility index (Phi) is 3.69. The average molecular weight is 345 g/mol. The van der Waals surface area contributed by atoms with E-state index in [2.05, 4.69) is 9.71 Å². The van der Waals surface area contributed by atoms with Crippen LogP contribution in [0.5, 0.6) is 5.75 Å². The van der Waals surface area contributed by atoms with Gasteiger partial charge in [0.1, 0.15) is 18.2 Å². The summed E-state index contributed by atoms with van der Waals surface area (Å²) in [5.41, 5.74) is 1.76. The topological polar surface area (TPSA) is 73.2 Å². The van der Waals surface area contributed by atoms with Crippen LogP contribution in [0.15, 0.2) is 35.4 Å². The molecular weight excluding hydrogens is 326 g/mol. The largest absolute Gasteiger partial charge is 0.487 e. The number of aryl methyl sites for hydroxylation is 2. The van der Waals surface area contributed by atoms with Crippen molar-refractivity contribution in [2.45, 2.75) is 32.4 Å². The molecule has 3 heterocycles. The Labute approximate surface area is 141 Å². The Balaban J connectivity index is 1.53. The summed E-state index contributed by atoms with van der Waals surface area (Å²) in [5.74, 6) is 1.74. The Morgan fingerprint density at radius 3 is 3.04 bits per heavy atom. The molecule has 1 N–H and O–H groups in total. The fourth-order valence-corrected chi connectivity index (χ4v) is 4.51. The third kappa shape index (κ3) is 2.85. The van der Waals surface area contributed by atoms with Gasteiger partial charge in [-0.05, 0) is 25.5 Å². The third-order valence-corrected chi connectivity index (χ3v) is 5.96. The molecule has 2 aliphatic heterocycles. The van der Waals surface area contributed by atoms with Crippen LogP contribution < -0.4 is 9.46 Å². The molecule has 2 aromatic rings. The number of imidazole rings is 1. The van der Waals surface area contributed by atoms with Crippen molar-refractivity contribution in [2.75, 3.05) is 6.61 Å². The van der Waals surface area contributed by atoms with Crippen molar-refractivity contribution >= 4 is 16.1 Å². The van der Waals surface area contributed by atoms with Gasteiger partial charge in [-0.25, -0.2) is 18.1 Å². The van der Waals surface area contributed by atoms with Crippen molar-refractivity contribution in [3.63, 3.8) is 0 Å². The molecule has 0 unspecified atom stereocenters. The van der Waals surface area contributed by atoms with Crippen LogP contribution in [0, 0.1) is 6.92 Å². The number of hydrogen-bond donors (Lipinski definition) is 1. The maximum Gasteiger partial charge on any atom is 0.240 e. The highest BCUT2D eigenvalue weighted by Crippen LogP contribution is 2.28. The number of ether oxygens (including phenoxy) is 1. The van der Waals surface area contributed by atoms with E-state index in [1.54, 1.807) is 6.08 Å². The summed E-state index contributed by atoms with van der Waals surface area (Å²) in [6.07, 6.45) is 5.19. The SMILES string of the molecule is Cc1cn2c(n1)CC[C@H](NS(=O)(=O)C1=Cc3ccccc3OC1)C2. The van der Waals surface area contributed by atoms with Crippen LogP contribution in [0.4, 0.5) is 0 Å². The quantitative estimate of drug-likeness (QED) is 0.921. The lowest BCUT2D eigenvalue weighted by Crippen LogP contribution is -2.42. The van der Waals surface area contributed by atoms with Crippen molar-refractivity contribution in [2.24, 2.45) is 0 Å². The van der Waals surface area contributed by atoms with Crippen molar-refractivity contribution < 1.29 is 13.2 Å². The molecule has 6 nitrogen and oxygen atoms in total. The summed E-state index contributed by atoms with van der Waals surface area (Å²) in [7, 11) is -3.57. The first-order valence-electron chi connectivity index (χ1n) is 7.99. The van der Waals surface area contributed by atoms with Crippen LogP contribution in [0.25, 0.3) is 6.08 Å². The van der Waals surface area contributed by atoms with E-state index in [9.17, 15) is 8.42 Å². The second-order valence-electron chi connectivity index (χ2n) is 6.24. The molecule has 7 heteroatoms. The Bertz CT molecular complexity index is 915.